The average molecular weight is 332 g/mol. The number of nitrogens with zero attached hydrogens (tertiary/aromatic N) is 2. The molecule has 0 amide bonds. The Hall–Kier alpha value is -2.50. The number of benzene rings is 1. The van der Waals surface area contributed by atoms with Crippen LogP contribution in [0.15, 0.2) is 36.5 Å². The molecule has 2 aromatic rings. The number of halogens is 1. The van der Waals surface area contributed by atoms with Gasteiger partial charge in [-0.3, -0.25) is 0 Å². The number of nitro groups is 1. The van der Waals surface area contributed by atoms with Gasteiger partial charge in [-0.15, -0.1) is 0 Å². The molecule has 5 nitrogen and oxygen atoms in total. The predicted molar refractivity (Wildman–Crippen MR) is 89.5 cm³/mol. The van der Waals surface area contributed by atoms with Gasteiger partial charge in [0.1, 0.15) is 18.1 Å². The summed E-state index contributed by atoms with van der Waals surface area (Å²) >= 11 is 0. The third-order valence-electron chi connectivity index (χ3n) is 3.78. The molecule has 0 aliphatic heterocycles. The maximum Gasteiger partial charge on any atom is 0.406 e. The molecule has 6 heteroatoms. The Bertz CT molecular complexity index is 717. The third kappa shape index (κ3) is 4.07. The number of hydrogen-bond acceptors (Lipinski definition) is 4. The number of hydrogen-bond donors (Lipinski definition) is 0. The third-order valence-corrected chi connectivity index (χ3v) is 3.78. The maximum absolute atomic E-state index is 13.6. The molecule has 128 valence electrons. The highest BCUT2D eigenvalue weighted by atomic mass is 19.1. The molecular weight excluding hydrogens is 311 g/mol. The van der Waals surface area contributed by atoms with Gasteiger partial charge >= 0.3 is 5.82 Å². The van der Waals surface area contributed by atoms with Gasteiger partial charge in [0, 0.05) is 5.92 Å². The SMILES string of the molecule is CC.Cc1ccc(F)cc1C(Oc1cccnc1[N+](=O)[O-])C1CC1. The molecule has 1 aromatic carbocycles. The predicted octanol–water partition coefficient (Wildman–Crippen LogP) is 4.99. The molecule has 1 atom stereocenters. The van der Waals surface area contributed by atoms with Crippen LogP contribution in [0.25, 0.3) is 0 Å². The van der Waals surface area contributed by atoms with Crippen molar-refractivity contribution in [1.82, 2.24) is 4.98 Å². The zero-order valence-electron chi connectivity index (χ0n) is 14.0. The second kappa shape index (κ2) is 7.86. The Kier molecular flexibility index (Phi) is 5.84. The molecule has 1 saturated carbocycles. The molecular formula is C18H21FN2O3. The van der Waals surface area contributed by atoms with E-state index in [0.29, 0.717) is 0 Å². The summed E-state index contributed by atoms with van der Waals surface area (Å²) in [7, 11) is 0. The molecule has 1 aliphatic rings. The van der Waals surface area contributed by atoms with Crippen LogP contribution in [0.5, 0.6) is 5.75 Å². The maximum atomic E-state index is 13.6. The summed E-state index contributed by atoms with van der Waals surface area (Å²) in [6.45, 7) is 5.88. The number of pyridine rings is 1. The fraction of sp³-hybridized carbons (Fsp3) is 0.389. The standard InChI is InChI=1S/C16H15FN2O3.C2H6/c1-10-4-7-12(17)9-13(10)15(11-5-6-11)22-14-3-2-8-18-16(14)19(20)21;1-2/h2-4,7-9,11,15H,5-6H2,1H3;1-2H3. The van der Waals surface area contributed by atoms with Crippen LogP contribution in [0.1, 0.15) is 43.9 Å². The van der Waals surface area contributed by atoms with E-state index in [1.807, 2.05) is 20.8 Å². The minimum Gasteiger partial charge on any atom is -0.477 e. The highest BCUT2D eigenvalue weighted by Crippen LogP contribution is 2.45. The van der Waals surface area contributed by atoms with E-state index in [4.69, 9.17) is 4.74 Å². The number of aromatic nitrogens is 1. The summed E-state index contributed by atoms with van der Waals surface area (Å²) in [5.74, 6) is -0.286. The van der Waals surface area contributed by atoms with Crippen LogP contribution in [0.2, 0.25) is 0 Å². The smallest absolute Gasteiger partial charge is 0.406 e. The van der Waals surface area contributed by atoms with Gasteiger partial charge in [0.15, 0.2) is 0 Å². The van der Waals surface area contributed by atoms with Crippen LogP contribution >= 0.6 is 0 Å². The number of ether oxygens (including phenoxy) is 1. The van der Waals surface area contributed by atoms with Crippen LogP contribution in [0.4, 0.5) is 10.2 Å². The molecule has 0 radical (unpaired) electrons. The van der Waals surface area contributed by atoms with Crippen molar-refractivity contribution in [3.63, 3.8) is 0 Å². The Balaban J connectivity index is 0.00000100. The summed E-state index contributed by atoms with van der Waals surface area (Å²) in [6, 6.07) is 7.65. The van der Waals surface area contributed by atoms with Gasteiger partial charge in [-0.25, -0.2) is 4.39 Å². The van der Waals surface area contributed by atoms with Gasteiger partial charge in [0.25, 0.3) is 0 Å². The van der Waals surface area contributed by atoms with E-state index in [-0.39, 0.29) is 23.3 Å². The van der Waals surface area contributed by atoms with Crippen molar-refractivity contribution < 1.29 is 14.1 Å². The minimum absolute atomic E-state index is 0.119. The first-order valence-corrected chi connectivity index (χ1v) is 8.08. The van der Waals surface area contributed by atoms with Crippen LogP contribution < -0.4 is 4.74 Å². The Labute approximate surface area is 140 Å². The number of aryl methyl sites for hydroxylation is 1. The van der Waals surface area contributed by atoms with E-state index in [2.05, 4.69) is 4.98 Å². The van der Waals surface area contributed by atoms with Gasteiger partial charge in [0.05, 0.1) is 0 Å². The van der Waals surface area contributed by atoms with Gasteiger partial charge < -0.3 is 14.9 Å². The fourth-order valence-electron chi connectivity index (χ4n) is 2.48. The lowest BCUT2D eigenvalue weighted by atomic mass is 10.00. The van der Waals surface area contributed by atoms with Crippen molar-refractivity contribution in [2.75, 3.05) is 0 Å². The lowest BCUT2D eigenvalue weighted by molar-refractivity contribution is -0.390. The molecule has 24 heavy (non-hydrogen) atoms. The van der Waals surface area contributed by atoms with E-state index in [1.54, 1.807) is 12.1 Å². The first kappa shape index (κ1) is 17.8. The fourth-order valence-corrected chi connectivity index (χ4v) is 2.48. The number of rotatable bonds is 5. The van der Waals surface area contributed by atoms with Crippen molar-refractivity contribution in [3.8, 4) is 5.75 Å². The van der Waals surface area contributed by atoms with Crippen LogP contribution in [0, 0.1) is 28.8 Å². The molecule has 1 unspecified atom stereocenters. The lowest BCUT2D eigenvalue weighted by Crippen LogP contribution is -2.13. The van der Waals surface area contributed by atoms with E-state index in [1.165, 1.54) is 24.4 Å². The quantitative estimate of drug-likeness (QED) is 0.571. The van der Waals surface area contributed by atoms with Gasteiger partial charge in [-0.2, -0.15) is 0 Å². The topological polar surface area (TPSA) is 65.3 Å². The van der Waals surface area contributed by atoms with Crippen molar-refractivity contribution in [2.24, 2.45) is 5.92 Å². The van der Waals surface area contributed by atoms with Crippen molar-refractivity contribution in [1.29, 1.82) is 0 Å². The minimum atomic E-state index is -0.572. The molecule has 0 saturated heterocycles. The van der Waals surface area contributed by atoms with Crippen LogP contribution in [-0.4, -0.2) is 9.91 Å². The normalized spacial score (nSPS) is 14.3. The molecule has 3 rings (SSSR count). The monoisotopic (exact) mass is 332 g/mol. The van der Waals surface area contributed by atoms with Crippen LogP contribution in [0.3, 0.4) is 0 Å². The van der Waals surface area contributed by atoms with Gasteiger partial charge in [-0.05, 0) is 65.1 Å². The average Bonchev–Trinajstić information content (AvgIpc) is 3.42. The first-order chi connectivity index (χ1) is 11.6. The summed E-state index contributed by atoms with van der Waals surface area (Å²) in [5.41, 5.74) is 1.64. The van der Waals surface area contributed by atoms with E-state index >= 15 is 0 Å². The molecule has 1 fully saturated rings. The Morgan fingerprint density at radius 2 is 2.04 bits per heavy atom. The second-order valence-corrected chi connectivity index (χ2v) is 5.46. The summed E-state index contributed by atoms with van der Waals surface area (Å²) in [5, 5.41) is 11.0. The molecule has 0 bridgehead atoms. The van der Waals surface area contributed by atoms with Crippen LogP contribution in [-0.2, 0) is 0 Å². The van der Waals surface area contributed by atoms with Gasteiger partial charge in [0.2, 0.25) is 5.75 Å². The van der Waals surface area contributed by atoms with E-state index < -0.39 is 11.0 Å². The zero-order valence-corrected chi connectivity index (χ0v) is 14.0. The van der Waals surface area contributed by atoms with Crippen molar-refractivity contribution in [2.45, 2.75) is 39.7 Å². The molecule has 1 heterocycles. The molecule has 0 spiro atoms. The van der Waals surface area contributed by atoms with E-state index in [0.717, 1.165) is 24.0 Å². The molecule has 0 N–H and O–H groups in total. The van der Waals surface area contributed by atoms with Crippen molar-refractivity contribution in [3.05, 3.63) is 63.6 Å². The summed E-state index contributed by atoms with van der Waals surface area (Å²) in [6.07, 6.45) is 2.90. The summed E-state index contributed by atoms with van der Waals surface area (Å²) in [4.78, 5) is 14.2. The highest BCUT2D eigenvalue weighted by molar-refractivity contribution is 5.40. The van der Waals surface area contributed by atoms with Crippen molar-refractivity contribution >= 4 is 5.82 Å². The van der Waals surface area contributed by atoms with E-state index in [9.17, 15) is 14.5 Å². The van der Waals surface area contributed by atoms with Gasteiger partial charge in [-0.1, -0.05) is 19.9 Å². The summed E-state index contributed by atoms with van der Waals surface area (Å²) < 4.78 is 19.4. The second-order valence-electron chi connectivity index (χ2n) is 5.46. The molecule has 1 aliphatic carbocycles. The first-order valence-electron chi connectivity index (χ1n) is 8.08. The lowest BCUT2D eigenvalue weighted by Gasteiger charge is -2.20. The largest absolute Gasteiger partial charge is 0.477 e. The Morgan fingerprint density at radius 1 is 1.33 bits per heavy atom. The Morgan fingerprint density at radius 3 is 2.67 bits per heavy atom. The highest BCUT2D eigenvalue weighted by Gasteiger charge is 2.36. The zero-order chi connectivity index (χ0) is 17.7. The molecule has 1 aromatic heterocycles.